The van der Waals surface area contributed by atoms with Crippen molar-refractivity contribution >= 4 is 0 Å². The second kappa shape index (κ2) is 4.19. The third-order valence-electron chi connectivity index (χ3n) is 1.86. The van der Waals surface area contributed by atoms with Crippen LogP contribution in [0.4, 0.5) is 8.78 Å². The highest BCUT2D eigenvalue weighted by molar-refractivity contribution is 5.39. The van der Waals surface area contributed by atoms with E-state index < -0.39 is 17.7 Å². The van der Waals surface area contributed by atoms with Gasteiger partial charge in [-0.25, -0.2) is 8.78 Å². The second-order valence-electron chi connectivity index (χ2n) is 2.77. The number of methoxy groups -OCH3 is 1. The molecule has 0 saturated heterocycles. The maximum Gasteiger partial charge on any atom is 0.134 e. The molecule has 1 atom stereocenters. The van der Waals surface area contributed by atoms with Gasteiger partial charge < -0.3 is 10.5 Å². The van der Waals surface area contributed by atoms with E-state index in [1.54, 1.807) is 0 Å². The average Bonchev–Trinajstić information content (AvgIpc) is 2.15. The van der Waals surface area contributed by atoms with E-state index in [1.165, 1.54) is 13.2 Å². The van der Waals surface area contributed by atoms with Gasteiger partial charge in [0.05, 0.1) is 18.7 Å². The van der Waals surface area contributed by atoms with Gasteiger partial charge in [-0.05, 0) is 0 Å². The predicted molar refractivity (Wildman–Crippen MR) is 50.0 cm³/mol. The molecule has 1 rings (SSSR count). The molecule has 0 spiro atoms. The van der Waals surface area contributed by atoms with Crippen molar-refractivity contribution in [3.63, 3.8) is 0 Å². The van der Waals surface area contributed by atoms with Crippen molar-refractivity contribution < 1.29 is 13.5 Å². The first-order valence-electron chi connectivity index (χ1n) is 4.01. The summed E-state index contributed by atoms with van der Waals surface area (Å²) in [4.78, 5) is 0. The van der Waals surface area contributed by atoms with Gasteiger partial charge in [0.25, 0.3) is 0 Å². The van der Waals surface area contributed by atoms with Gasteiger partial charge in [-0.2, -0.15) is 0 Å². The Kier molecular flexibility index (Phi) is 3.19. The summed E-state index contributed by atoms with van der Waals surface area (Å²) in [6.45, 7) is 3.43. The third kappa shape index (κ3) is 1.90. The lowest BCUT2D eigenvalue weighted by atomic mass is 10.1. The zero-order chi connectivity index (χ0) is 10.7. The Morgan fingerprint density at radius 3 is 2.64 bits per heavy atom. The molecule has 0 aromatic heterocycles. The predicted octanol–water partition coefficient (Wildman–Crippen LogP) is 2.16. The van der Waals surface area contributed by atoms with Gasteiger partial charge in [0.15, 0.2) is 0 Å². The van der Waals surface area contributed by atoms with Crippen LogP contribution in [-0.4, -0.2) is 7.11 Å². The van der Waals surface area contributed by atoms with Crippen molar-refractivity contribution in [3.8, 4) is 5.75 Å². The van der Waals surface area contributed by atoms with Gasteiger partial charge in [-0.1, -0.05) is 6.08 Å². The minimum absolute atomic E-state index is 0.0925. The van der Waals surface area contributed by atoms with E-state index in [4.69, 9.17) is 10.5 Å². The summed E-state index contributed by atoms with van der Waals surface area (Å²) >= 11 is 0. The number of hydrogen-bond donors (Lipinski definition) is 1. The van der Waals surface area contributed by atoms with Gasteiger partial charge in [0, 0.05) is 12.1 Å². The summed E-state index contributed by atoms with van der Waals surface area (Å²) in [5, 5.41) is 0. The highest BCUT2D eigenvalue weighted by Crippen LogP contribution is 2.28. The highest BCUT2D eigenvalue weighted by Gasteiger charge is 2.16. The van der Waals surface area contributed by atoms with Crippen LogP contribution in [0.5, 0.6) is 5.75 Å². The fourth-order valence-electron chi connectivity index (χ4n) is 1.17. The molecule has 4 heteroatoms. The Balaban J connectivity index is 3.31. The Bertz CT molecular complexity index is 352. The third-order valence-corrected chi connectivity index (χ3v) is 1.86. The molecule has 1 aromatic rings. The molecule has 76 valence electrons. The minimum Gasteiger partial charge on any atom is -0.496 e. The van der Waals surface area contributed by atoms with Crippen LogP contribution in [0.25, 0.3) is 0 Å². The topological polar surface area (TPSA) is 35.2 Å². The van der Waals surface area contributed by atoms with E-state index in [2.05, 4.69) is 6.58 Å². The number of halogens is 2. The van der Waals surface area contributed by atoms with Crippen molar-refractivity contribution in [1.82, 2.24) is 0 Å². The molecule has 0 amide bonds. The maximum absolute atomic E-state index is 13.3. The van der Waals surface area contributed by atoms with Crippen molar-refractivity contribution in [2.75, 3.05) is 7.11 Å². The van der Waals surface area contributed by atoms with Crippen molar-refractivity contribution in [3.05, 3.63) is 42.0 Å². The molecule has 0 heterocycles. The van der Waals surface area contributed by atoms with Gasteiger partial charge in [0.2, 0.25) is 0 Å². The zero-order valence-electron chi connectivity index (χ0n) is 7.76. The summed E-state index contributed by atoms with van der Waals surface area (Å²) in [6, 6.07) is 1.15. The summed E-state index contributed by atoms with van der Waals surface area (Å²) in [6.07, 6.45) is 1.36. The Labute approximate surface area is 81.0 Å². The molecule has 14 heavy (non-hydrogen) atoms. The fraction of sp³-hybridized carbons (Fsp3) is 0.200. The highest BCUT2D eigenvalue weighted by atomic mass is 19.1. The number of nitrogens with two attached hydrogens (primary N) is 1. The largest absolute Gasteiger partial charge is 0.496 e. The second-order valence-corrected chi connectivity index (χ2v) is 2.77. The number of rotatable bonds is 3. The van der Waals surface area contributed by atoms with Crippen LogP contribution < -0.4 is 10.5 Å². The molecule has 0 aliphatic rings. The molecular weight excluding hydrogens is 188 g/mol. The summed E-state index contributed by atoms with van der Waals surface area (Å²) < 4.78 is 30.9. The molecule has 0 radical (unpaired) electrons. The minimum atomic E-state index is -0.728. The smallest absolute Gasteiger partial charge is 0.134 e. The number of hydrogen-bond acceptors (Lipinski definition) is 2. The monoisotopic (exact) mass is 199 g/mol. The lowest BCUT2D eigenvalue weighted by Gasteiger charge is -2.13. The Morgan fingerprint density at radius 1 is 1.50 bits per heavy atom. The normalized spacial score (nSPS) is 12.3. The quantitative estimate of drug-likeness (QED) is 0.757. The molecule has 1 unspecified atom stereocenters. The van der Waals surface area contributed by atoms with Crippen LogP contribution in [-0.2, 0) is 0 Å². The van der Waals surface area contributed by atoms with Crippen LogP contribution >= 0.6 is 0 Å². The van der Waals surface area contributed by atoms with Crippen LogP contribution in [0.15, 0.2) is 24.8 Å². The maximum atomic E-state index is 13.3. The lowest BCUT2D eigenvalue weighted by Crippen LogP contribution is -2.11. The van der Waals surface area contributed by atoms with Gasteiger partial charge in [-0.15, -0.1) is 6.58 Å². The number of ether oxygens (including phenoxy) is 1. The standard InChI is InChI=1S/C10H11F2NO/c1-3-8(13)10-7(12)4-6(11)5-9(10)14-2/h3-5,8H,1,13H2,2H3. The van der Waals surface area contributed by atoms with Crippen LogP contribution in [0, 0.1) is 11.6 Å². The molecule has 0 bridgehead atoms. The average molecular weight is 199 g/mol. The van der Waals surface area contributed by atoms with Gasteiger partial charge in [-0.3, -0.25) is 0 Å². The number of benzene rings is 1. The Hall–Kier alpha value is -1.42. The fourth-order valence-corrected chi connectivity index (χ4v) is 1.17. The molecule has 0 saturated carbocycles. The van der Waals surface area contributed by atoms with Crippen molar-refractivity contribution in [2.45, 2.75) is 6.04 Å². The van der Waals surface area contributed by atoms with Crippen LogP contribution in [0.3, 0.4) is 0 Å². The molecule has 2 N–H and O–H groups in total. The lowest BCUT2D eigenvalue weighted by molar-refractivity contribution is 0.397. The first-order valence-corrected chi connectivity index (χ1v) is 4.01. The summed E-state index contributed by atoms with van der Waals surface area (Å²) in [5.41, 5.74) is 5.68. The zero-order valence-corrected chi connectivity index (χ0v) is 7.76. The van der Waals surface area contributed by atoms with E-state index in [-0.39, 0.29) is 11.3 Å². The van der Waals surface area contributed by atoms with E-state index >= 15 is 0 Å². The van der Waals surface area contributed by atoms with E-state index in [0.29, 0.717) is 0 Å². The van der Waals surface area contributed by atoms with E-state index in [0.717, 1.165) is 12.1 Å². The Morgan fingerprint density at radius 2 is 2.14 bits per heavy atom. The van der Waals surface area contributed by atoms with E-state index in [9.17, 15) is 8.78 Å². The molecule has 2 nitrogen and oxygen atoms in total. The molecule has 0 aliphatic heterocycles. The molecule has 1 aromatic carbocycles. The summed E-state index contributed by atoms with van der Waals surface area (Å²) in [5.74, 6) is -1.33. The first kappa shape index (κ1) is 10.7. The molecule has 0 fully saturated rings. The van der Waals surface area contributed by atoms with Crippen LogP contribution in [0.2, 0.25) is 0 Å². The molecule has 0 aliphatic carbocycles. The first-order chi connectivity index (χ1) is 6.60. The summed E-state index contributed by atoms with van der Waals surface area (Å²) in [7, 11) is 1.33. The van der Waals surface area contributed by atoms with E-state index in [1.807, 2.05) is 0 Å². The van der Waals surface area contributed by atoms with Gasteiger partial charge in [0.1, 0.15) is 17.4 Å². The SMILES string of the molecule is C=CC(N)c1c(F)cc(F)cc1OC. The van der Waals surface area contributed by atoms with Crippen molar-refractivity contribution in [2.24, 2.45) is 5.73 Å². The molecular formula is C10H11F2NO. The van der Waals surface area contributed by atoms with Crippen LogP contribution in [0.1, 0.15) is 11.6 Å². The van der Waals surface area contributed by atoms with Gasteiger partial charge >= 0.3 is 0 Å². The van der Waals surface area contributed by atoms with Crippen molar-refractivity contribution in [1.29, 1.82) is 0 Å².